The van der Waals surface area contributed by atoms with E-state index < -0.39 is 11.6 Å². The number of rotatable bonds is 4. The number of Topliss-reactive ketones (excluding diaryl/α,β-unsaturated/α-hetero) is 1. The van der Waals surface area contributed by atoms with Gasteiger partial charge >= 0.3 is 0 Å². The molecular formula is C27H32FN3O2. The van der Waals surface area contributed by atoms with E-state index in [-0.39, 0.29) is 24.0 Å². The summed E-state index contributed by atoms with van der Waals surface area (Å²) in [6.45, 7) is 8.91. The van der Waals surface area contributed by atoms with Crippen LogP contribution in [-0.4, -0.2) is 58.3 Å². The predicted octanol–water partition coefficient (Wildman–Crippen LogP) is 3.78. The fraction of sp³-hybridized carbons (Fsp3) is 0.519. The summed E-state index contributed by atoms with van der Waals surface area (Å²) in [4.78, 5) is 33.7. The maximum absolute atomic E-state index is 15.7. The second kappa shape index (κ2) is 9.23. The number of terminal acetylenes is 1. The number of aryl methyl sites for hydroxylation is 1. The second-order valence-electron chi connectivity index (χ2n) is 9.72. The lowest BCUT2D eigenvalue weighted by Crippen LogP contribution is -2.54. The molecule has 3 fully saturated rings. The van der Waals surface area contributed by atoms with Crippen molar-refractivity contribution in [1.82, 2.24) is 14.8 Å². The highest BCUT2D eigenvalue weighted by Crippen LogP contribution is 2.50. The van der Waals surface area contributed by atoms with Crippen LogP contribution in [0.1, 0.15) is 49.8 Å². The molecule has 1 aromatic heterocycles. The highest BCUT2D eigenvalue weighted by atomic mass is 19.1. The van der Waals surface area contributed by atoms with Crippen LogP contribution in [0.5, 0.6) is 0 Å². The summed E-state index contributed by atoms with van der Waals surface area (Å²) < 4.78 is 15.7. The number of hydrogen-bond acceptors (Lipinski definition) is 4. The van der Waals surface area contributed by atoms with E-state index in [0.717, 1.165) is 23.4 Å². The summed E-state index contributed by atoms with van der Waals surface area (Å²) >= 11 is 0. The van der Waals surface area contributed by atoms with E-state index in [4.69, 9.17) is 6.42 Å². The molecule has 1 amide bonds. The summed E-state index contributed by atoms with van der Waals surface area (Å²) in [6.07, 6.45) is 11.4. The van der Waals surface area contributed by atoms with Crippen LogP contribution in [-0.2, 0) is 16.1 Å². The summed E-state index contributed by atoms with van der Waals surface area (Å²) in [5, 5.41) is 0. The topological polar surface area (TPSA) is 53.5 Å². The highest BCUT2D eigenvalue weighted by Gasteiger charge is 2.50. The fourth-order valence-electron chi connectivity index (χ4n) is 5.50. The smallest absolute Gasteiger partial charge is 0.260 e. The van der Waals surface area contributed by atoms with Gasteiger partial charge in [0.2, 0.25) is 0 Å². The van der Waals surface area contributed by atoms with Crippen LogP contribution >= 0.6 is 0 Å². The van der Waals surface area contributed by atoms with Crippen molar-refractivity contribution in [3.05, 3.63) is 53.4 Å². The molecule has 2 saturated heterocycles. The lowest BCUT2D eigenvalue weighted by Gasteiger charge is -2.43. The van der Waals surface area contributed by atoms with Gasteiger partial charge in [0, 0.05) is 81.3 Å². The van der Waals surface area contributed by atoms with Crippen molar-refractivity contribution in [3.63, 3.8) is 0 Å². The molecule has 0 aromatic carbocycles. The normalized spacial score (nSPS) is 23.8. The molecule has 3 aliphatic rings. The van der Waals surface area contributed by atoms with Crippen LogP contribution in [0.4, 0.5) is 4.39 Å². The first-order valence-corrected chi connectivity index (χ1v) is 11.8. The van der Waals surface area contributed by atoms with Crippen molar-refractivity contribution in [3.8, 4) is 12.3 Å². The molecule has 1 aromatic rings. The van der Waals surface area contributed by atoms with Gasteiger partial charge in [-0.1, -0.05) is 12.7 Å². The molecule has 1 saturated carbocycles. The van der Waals surface area contributed by atoms with E-state index in [9.17, 15) is 9.59 Å². The fourth-order valence-corrected chi connectivity index (χ4v) is 5.50. The first-order valence-electron chi connectivity index (χ1n) is 11.8. The number of halogens is 1. The molecule has 6 heteroatoms. The molecule has 0 bridgehead atoms. The quantitative estimate of drug-likeness (QED) is 0.519. The van der Waals surface area contributed by atoms with Crippen LogP contribution in [0.2, 0.25) is 0 Å². The summed E-state index contributed by atoms with van der Waals surface area (Å²) in [7, 11) is 0. The number of ketones is 1. The molecule has 0 unspecified atom stereocenters. The Kier molecular flexibility index (Phi) is 6.54. The van der Waals surface area contributed by atoms with Crippen LogP contribution in [0.25, 0.3) is 0 Å². The number of aromatic nitrogens is 1. The first-order chi connectivity index (χ1) is 15.8. The van der Waals surface area contributed by atoms with Gasteiger partial charge in [0.15, 0.2) is 11.5 Å². The Labute approximate surface area is 195 Å². The van der Waals surface area contributed by atoms with Crippen LogP contribution in [0, 0.1) is 24.7 Å². The van der Waals surface area contributed by atoms with Gasteiger partial charge in [-0.25, -0.2) is 4.39 Å². The molecule has 5 nitrogen and oxygen atoms in total. The van der Waals surface area contributed by atoms with Gasteiger partial charge in [-0.05, 0) is 43.0 Å². The third-order valence-corrected chi connectivity index (χ3v) is 7.60. The van der Waals surface area contributed by atoms with Gasteiger partial charge in [0.05, 0.1) is 0 Å². The Morgan fingerprint density at radius 1 is 1.27 bits per heavy atom. The van der Waals surface area contributed by atoms with Gasteiger partial charge in [-0.2, -0.15) is 0 Å². The van der Waals surface area contributed by atoms with E-state index in [1.54, 1.807) is 17.2 Å². The van der Waals surface area contributed by atoms with E-state index >= 15 is 4.39 Å². The molecule has 1 aliphatic carbocycles. The number of alkyl halides is 1. The van der Waals surface area contributed by atoms with E-state index in [0.29, 0.717) is 57.4 Å². The minimum atomic E-state index is -1.81. The molecule has 1 spiro atoms. The van der Waals surface area contributed by atoms with Crippen molar-refractivity contribution in [2.75, 3.05) is 26.2 Å². The van der Waals surface area contributed by atoms with Crippen molar-refractivity contribution in [2.24, 2.45) is 5.41 Å². The number of likely N-dealkylation sites (tertiary alicyclic amines) is 2. The minimum absolute atomic E-state index is 0.0775. The Balaban J connectivity index is 1.33. The summed E-state index contributed by atoms with van der Waals surface area (Å²) in [6, 6.07) is 4.02. The Bertz CT molecular complexity index is 1020. The van der Waals surface area contributed by atoms with Crippen LogP contribution in [0.15, 0.2) is 42.1 Å². The number of carbonyl (C=O) groups is 2. The van der Waals surface area contributed by atoms with E-state index in [1.165, 1.54) is 0 Å². The molecule has 2 aliphatic heterocycles. The Hall–Kier alpha value is -2.78. The van der Waals surface area contributed by atoms with Crippen molar-refractivity contribution >= 4 is 11.7 Å². The molecule has 0 N–H and O–H groups in total. The van der Waals surface area contributed by atoms with Crippen LogP contribution < -0.4 is 0 Å². The number of carbonyl (C=O) groups excluding carboxylic acids is 2. The molecule has 0 radical (unpaired) electrons. The van der Waals surface area contributed by atoms with Gasteiger partial charge in [0.25, 0.3) is 5.91 Å². The SMILES string of the molecule is C#CC/C=C1\C(=C)C2(CCN(C(=O)C3(F)CCN(Cc4ccnc(C)c4)CC3)CC2)CC1=O. The Morgan fingerprint density at radius 3 is 2.61 bits per heavy atom. The number of amides is 1. The number of nitrogens with zero attached hydrogens (tertiary/aromatic N) is 3. The zero-order valence-corrected chi connectivity index (χ0v) is 19.4. The number of piperidine rings is 2. The average Bonchev–Trinajstić information content (AvgIpc) is 3.03. The summed E-state index contributed by atoms with van der Waals surface area (Å²) in [5.74, 6) is 2.22. The maximum atomic E-state index is 15.7. The predicted molar refractivity (Wildman–Crippen MR) is 126 cm³/mol. The number of pyridine rings is 1. The van der Waals surface area contributed by atoms with E-state index in [2.05, 4.69) is 22.4 Å². The Morgan fingerprint density at radius 2 is 1.97 bits per heavy atom. The van der Waals surface area contributed by atoms with E-state index in [1.807, 2.05) is 19.1 Å². The zero-order chi connectivity index (χ0) is 23.6. The second-order valence-corrected chi connectivity index (χ2v) is 9.72. The third-order valence-electron chi connectivity index (χ3n) is 7.60. The third kappa shape index (κ3) is 4.65. The zero-order valence-electron chi connectivity index (χ0n) is 19.4. The van der Waals surface area contributed by atoms with Gasteiger partial charge < -0.3 is 4.90 Å². The van der Waals surface area contributed by atoms with Crippen molar-refractivity contribution in [1.29, 1.82) is 0 Å². The lowest BCUT2D eigenvalue weighted by molar-refractivity contribution is -0.149. The first kappa shape index (κ1) is 23.4. The average molecular weight is 450 g/mol. The number of hydrogen-bond donors (Lipinski definition) is 0. The van der Waals surface area contributed by atoms with Crippen molar-refractivity contribution in [2.45, 2.75) is 57.7 Å². The standard InChI is InChI=1S/C27H32FN3O2/c1-4-5-6-23-21(3)26(18-24(23)32)8-15-31(16-9-26)25(33)27(28)10-13-30(14-11-27)19-22-7-12-29-20(2)17-22/h1,6-7,12,17H,3,5,8-11,13-16,18-19H2,2H3/b23-6+. The minimum Gasteiger partial charge on any atom is -0.340 e. The largest absolute Gasteiger partial charge is 0.340 e. The monoisotopic (exact) mass is 449 g/mol. The maximum Gasteiger partial charge on any atom is 0.260 e. The molecule has 33 heavy (non-hydrogen) atoms. The van der Waals surface area contributed by atoms with Crippen molar-refractivity contribution < 1.29 is 14.0 Å². The number of allylic oxidation sites excluding steroid dienone is 3. The molecule has 174 valence electrons. The summed E-state index contributed by atoms with van der Waals surface area (Å²) in [5.41, 5.74) is 1.48. The van der Waals surface area contributed by atoms with Gasteiger partial charge in [0.1, 0.15) is 0 Å². The molecule has 3 heterocycles. The molecule has 4 rings (SSSR count). The van der Waals surface area contributed by atoms with Gasteiger partial charge in [-0.3, -0.25) is 19.5 Å². The van der Waals surface area contributed by atoms with Gasteiger partial charge in [-0.15, -0.1) is 12.3 Å². The highest BCUT2D eigenvalue weighted by molar-refractivity contribution is 6.04. The van der Waals surface area contributed by atoms with Crippen LogP contribution in [0.3, 0.4) is 0 Å². The molecule has 0 atom stereocenters. The lowest BCUT2D eigenvalue weighted by atomic mass is 9.73. The molecular weight excluding hydrogens is 417 g/mol.